The predicted octanol–water partition coefficient (Wildman–Crippen LogP) is 2.47. The normalized spacial score (nSPS) is 15.0. The van der Waals surface area contributed by atoms with Gasteiger partial charge in [-0.25, -0.2) is 4.79 Å². The Morgan fingerprint density at radius 2 is 1.57 bits per heavy atom. The number of hydrogen-bond donors (Lipinski definition) is 1. The van der Waals surface area contributed by atoms with Crippen LogP contribution in [0.5, 0.6) is 0 Å². The molecule has 0 aliphatic carbocycles. The SMILES string of the molecule is CCCN(CCC)C(=O)CCCC(=O)NCCN1CCN(C(=O)OC(C)(C)C)CC1. The highest BCUT2D eigenvalue weighted by Gasteiger charge is 2.25. The smallest absolute Gasteiger partial charge is 0.410 e. The van der Waals surface area contributed by atoms with Crippen molar-refractivity contribution in [3.8, 4) is 0 Å². The third-order valence-electron chi connectivity index (χ3n) is 4.91. The summed E-state index contributed by atoms with van der Waals surface area (Å²) in [6.45, 7) is 15.5. The molecule has 174 valence electrons. The number of hydrogen-bond acceptors (Lipinski definition) is 5. The molecule has 1 heterocycles. The second-order valence-corrected chi connectivity index (χ2v) is 8.89. The number of rotatable bonds is 11. The van der Waals surface area contributed by atoms with Crippen LogP contribution < -0.4 is 5.32 Å². The van der Waals surface area contributed by atoms with E-state index < -0.39 is 5.60 Å². The number of piperazine rings is 1. The molecule has 1 fully saturated rings. The van der Waals surface area contributed by atoms with E-state index in [1.807, 2.05) is 25.7 Å². The summed E-state index contributed by atoms with van der Waals surface area (Å²) in [5.41, 5.74) is -0.479. The number of nitrogens with one attached hydrogen (secondary N) is 1. The molecular weight excluding hydrogens is 384 g/mol. The molecule has 1 aliphatic heterocycles. The van der Waals surface area contributed by atoms with Crippen molar-refractivity contribution in [2.24, 2.45) is 0 Å². The molecule has 0 unspecified atom stereocenters. The fourth-order valence-corrected chi connectivity index (χ4v) is 3.38. The molecule has 0 aromatic rings. The second-order valence-electron chi connectivity index (χ2n) is 8.89. The van der Waals surface area contributed by atoms with Gasteiger partial charge in [-0.1, -0.05) is 13.8 Å². The zero-order chi connectivity index (χ0) is 22.6. The average molecular weight is 427 g/mol. The second kappa shape index (κ2) is 13.5. The predicted molar refractivity (Wildman–Crippen MR) is 118 cm³/mol. The third kappa shape index (κ3) is 10.8. The van der Waals surface area contributed by atoms with E-state index in [1.54, 1.807) is 4.90 Å². The number of ether oxygens (including phenoxy) is 1. The maximum absolute atomic E-state index is 12.2. The van der Waals surface area contributed by atoms with Gasteiger partial charge in [0.1, 0.15) is 5.60 Å². The minimum Gasteiger partial charge on any atom is -0.444 e. The molecule has 1 rings (SSSR count). The Hall–Kier alpha value is -1.83. The largest absolute Gasteiger partial charge is 0.444 e. The van der Waals surface area contributed by atoms with E-state index >= 15 is 0 Å². The van der Waals surface area contributed by atoms with Crippen LogP contribution in [-0.4, -0.2) is 90.6 Å². The summed E-state index contributed by atoms with van der Waals surface area (Å²) >= 11 is 0. The maximum atomic E-state index is 12.2. The van der Waals surface area contributed by atoms with E-state index in [-0.39, 0.29) is 17.9 Å². The van der Waals surface area contributed by atoms with Gasteiger partial charge in [-0.3, -0.25) is 14.5 Å². The molecule has 0 radical (unpaired) electrons. The van der Waals surface area contributed by atoms with E-state index in [0.29, 0.717) is 38.9 Å². The van der Waals surface area contributed by atoms with Crippen molar-refractivity contribution in [3.05, 3.63) is 0 Å². The quantitative estimate of drug-likeness (QED) is 0.549. The minimum absolute atomic E-state index is 0.00674. The Kier molecular flexibility index (Phi) is 11.8. The van der Waals surface area contributed by atoms with Crippen LogP contribution in [-0.2, 0) is 14.3 Å². The molecule has 8 nitrogen and oxygen atoms in total. The molecule has 0 spiro atoms. The van der Waals surface area contributed by atoms with Crippen LogP contribution in [0.3, 0.4) is 0 Å². The van der Waals surface area contributed by atoms with E-state index in [2.05, 4.69) is 24.1 Å². The Balaban J connectivity index is 2.16. The summed E-state index contributed by atoms with van der Waals surface area (Å²) < 4.78 is 5.41. The third-order valence-corrected chi connectivity index (χ3v) is 4.91. The Labute approximate surface area is 182 Å². The van der Waals surface area contributed by atoms with Crippen molar-refractivity contribution >= 4 is 17.9 Å². The average Bonchev–Trinajstić information content (AvgIpc) is 2.67. The van der Waals surface area contributed by atoms with Gasteiger partial charge in [0.2, 0.25) is 11.8 Å². The van der Waals surface area contributed by atoms with Crippen LogP contribution in [0, 0.1) is 0 Å². The van der Waals surface area contributed by atoms with Gasteiger partial charge < -0.3 is 19.9 Å². The zero-order valence-electron chi connectivity index (χ0n) is 19.7. The standard InChI is InChI=1S/C22H42N4O4/c1-6-12-25(13-7-2)20(28)10-8-9-19(27)23-11-14-24-15-17-26(18-16-24)21(29)30-22(3,4)5/h6-18H2,1-5H3,(H,23,27). The molecule has 0 aromatic heterocycles. The first kappa shape index (κ1) is 26.2. The van der Waals surface area contributed by atoms with Crippen molar-refractivity contribution in [1.82, 2.24) is 20.0 Å². The lowest BCUT2D eigenvalue weighted by atomic mass is 10.2. The summed E-state index contributed by atoms with van der Waals surface area (Å²) in [5.74, 6) is 0.141. The molecule has 8 heteroatoms. The molecule has 1 N–H and O–H groups in total. The number of carbonyl (C=O) groups is 3. The topological polar surface area (TPSA) is 82.2 Å². The number of amides is 3. The molecule has 0 atom stereocenters. The van der Waals surface area contributed by atoms with Gasteiger partial charge >= 0.3 is 6.09 Å². The Morgan fingerprint density at radius 3 is 2.10 bits per heavy atom. The van der Waals surface area contributed by atoms with Gasteiger partial charge in [-0.05, 0) is 40.0 Å². The van der Waals surface area contributed by atoms with Gasteiger partial charge in [0, 0.05) is 65.2 Å². The van der Waals surface area contributed by atoms with Gasteiger partial charge in [0.25, 0.3) is 0 Å². The van der Waals surface area contributed by atoms with Gasteiger partial charge in [-0.15, -0.1) is 0 Å². The van der Waals surface area contributed by atoms with Gasteiger partial charge in [0.15, 0.2) is 0 Å². The lowest BCUT2D eigenvalue weighted by Crippen LogP contribution is -2.51. The van der Waals surface area contributed by atoms with Crippen molar-refractivity contribution in [1.29, 1.82) is 0 Å². The fourth-order valence-electron chi connectivity index (χ4n) is 3.38. The van der Waals surface area contributed by atoms with Crippen molar-refractivity contribution in [2.45, 2.75) is 72.3 Å². The molecule has 0 aromatic carbocycles. The van der Waals surface area contributed by atoms with Crippen LogP contribution in [0.15, 0.2) is 0 Å². The van der Waals surface area contributed by atoms with E-state index in [4.69, 9.17) is 4.74 Å². The monoisotopic (exact) mass is 426 g/mol. The van der Waals surface area contributed by atoms with Crippen LogP contribution in [0.25, 0.3) is 0 Å². The molecule has 0 saturated carbocycles. The van der Waals surface area contributed by atoms with Crippen molar-refractivity contribution < 1.29 is 19.1 Å². The van der Waals surface area contributed by atoms with E-state index in [9.17, 15) is 14.4 Å². The molecule has 30 heavy (non-hydrogen) atoms. The summed E-state index contributed by atoms with van der Waals surface area (Å²) in [7, 11) is 0. The highest BCUT2D eigenvalue weighted by atomic mass is 16.6. The van der Waals surface area contributed by atoms with Crippen LogP contribution in [0.4, 0.5) is 4.79 Å². The van der Waals surface area contributed by atoms with Gasteiger partial charge in [0.05, 0.1) is 0 Å². The number of nitrogens with zero attached hydrogens (tertiary/aromatic N) is 3. The highest BCUT2D eigenvalue weighted by Crippen LogP contribution is 2.11. The summed E-state index contributed by atoms with van der Waals surface area (Å²) in [5, 5.41) is 2.94. The number of carbonyl (C=O) groups excluding carboxylic acids is 3. The maximum Gasteiger partial charge on any atom is 0.410 e. The first-order valence-corrected chi connectivity index (χ1v) is 11.4. The Morgan fingerprint density at radius 1 is 0.967 bits per heavy atom. The van der Waals surface area contributed by atoms with Crippen LogP contribution in [0.2, 0.25) is 0 Å². The molecule has 3 amide bonds. The highest BCUT2D eigenvalue weighted by molar-refractivity contribution is 5.79. The minimum atomic E-state index is -0.479. The zero-order valence-corrected chi connectivity index (χ0v) is 19.7. The van der Waals surface area contributed by atoms with E-state index in [1.165, 1.54) is 0 Å². The van der Waals surface area contributed by atoms with Gasteiger partial charge in [-0.2, -0.15) is 0 Å². The van der Waals surface area contributed by atoms with Crippen LogP contribution >= 0.6 is 0 Å². The van der Waals surface area contributed by atoms with Crippen molar-refractivity contribution in [3.63, 3.8) is 0 Å². The molecule has 1 saturated heterocycles. The van der Waals surface area contributed by atoms with E-state index in [0.717, 1.165) is 45.6 Å². The first-order chi connectivity index (χ1) is 14.2. The summed E-state index contributed by atoms with van der Waals surface area (Å²) in [6, 6.07) is 0. The summed E-state index contributed by atoms with van der Waals surface area (Å²) in [4.78, 5) is 42.2. The first-order valence-electron chi connectivity index (χ1n) is 11.4. The molecule has 1 aliphatic rings. The summed E-state index contributed by atoms with van der Waals surface area (Å²) in [6.07, 6.45) is 3.05. The lowest BCUT2D eigenvalue weighted by molar-refractivity contribution is -0.131. The fraction of sp³-hybridized carbons (Fsp3) is 0.864. The molecule has 0 bridgehead atoms. The Bertz CT molecular complexity index is 534. The van der Waals surface area contributed by atoms with Crippen LogP contribution in [0.1, 0.15) is 66.7 Å². The lowest BCUT2D eigenvalue weighted by Gasteiger charge is -2.35. The van der Waals surface area contributed by atoms with Crippen molar-refractivity contribution in [2.75, 3.05) is 52.4 Å². The molecular formula is C22H42N4O4.